The number of hydrogen-bond donors (Lipinski definition) is 2. The largest absolute Gasteiger partial charge is 0.484 e. The normalized spacial score (nSPS) is 14.2. The summed E-state index contributed by atoms with van der Waals surface area (Å²) in [6.07, 6.45) is 0. The second-order valence-corrected chi connectivity index (χ2v) is 8.00. The number of ether oxygens (including phenoxy) is 1. The first kappa shape index (κ1) is 22.5. The molecule has 2 amide bonds. The molecule has 1 aliphatic heterocycles. The summed E-state index contributed by atoms with van der Waals surface area (Å²) in [4.78, 5) is 39.3. The maximum atomic E-state index is 12.5. The van der Waals surface area contributed by atoms with E-state index in [0.29, 0.717) is 44.0 Å². The lowest BCUT2D eigenvalue weighted by molar-refractivity contribution is -0.895. The van der Waals surface area contributed by atoms with Gasteiger partial charge in [-0.05, 0) is 44.0 Å². The summed E-state index contributed by atoms with van der Waals surface area (Å²) < 4.78 is 5.58. The number of Topliss-reactive ketones (excluding diaryl/α,β-unsaturated/α-hetero) is 1. The first-order chi connectivity index (χ1) is 14.8. The van der Waals surface area contributed by atoms with Crippen molar-refractivity contribution in [2.45, 2.75) is 20.8 Å². The van der Waals surface area contributed by atoms with Crippen LogP contribution in [0.5, 0.6) is 5.75 Å². The number of piperazine rings is 1. The lowest BCUT2D eigenvalue weighted by Crippen LogP contribution is -3.15. The van der Waals surface area contributed by atoms with Crippen LogP contribution in [-0.2, 0) is 9.59 Å². The number of amides is 2. The molecule has 2 aromatic carbocycles. The number of nitrogens with zero attached hydrogens (tertiary/aromatic N) is 1. The maximum absolute atomic E-state index is 12.5. The second kappa shape index (κ2) is 10.2. The van der Waals surface area contributed by atoms with E-state index in [-0.39, 0.29) is 24.2 Å². The van der Waals surface area contributed by atoms with Gasteiger partial charge >= 0.3 is 0 Å². The Hall–Kier alpha value is -3.19. The minimum atomic E-state index is -0.0905. The smallest absolute Gasteiger partial charge is 0.279 e. The van der Waals surface area contributed by atoms with Crippen LogP contribution in [0.4, 0.5) is 5.69 Å². The topological polar surface area (TPSA) is 80.2 Å². The SMILES string of the molecule is CC(=O)c1cccc(OCC(=O)N2CC[NH+](CC(=O)Nc3c(C)cccc3C)CC2)c1. The number of para-hydroxylation sites is 1. The molecule has 0 aliphatic carbocycles. The molecule has 1 fully saturated rings. The van der Waals surface area contributed by atoms with Crippen LogP contribution < -0.4 is 15.0 Å². The molecule has 0 radical (unpaired) electrons. The van der Waals surface area contributed by atoms with Gasteiger partial charge in [0.1, 0.15) is 5.75 Å². The Bertz CT molecular complexity index is 945. The van der Waals surface area contributed by atoms with Crippen molar-refractivity contribution in [3.05, 3.63) is 59.2 Å². The predicted molar refractivity (Wildman–Crippen MR) is 119 cm³/mol. The Morgan fingerprint density at radius 2 is 1.68 bits per heavy atom. The first-order valence-corrected chi connectivity index (χ1v) is 10.5. The Morgan fingerprint density at radius 1 is 1.03 bits per heavy atom. The quantitative estimate of drug-likeness (QED) is 0.656. The van der Waals surface area contributed by atoms with Gasteiger partial charge in [-0.2, -0.15) is 0 Å². The highest BCUT2D eigenvalue weighted by atomic mass is 16.5. The van der Waals surface area contributed by atoms with Crippen molar-refractivity contribution in [3.8, 4) is 5.75 Å². The third kappa shape index (κ3) is 6.15. The summed E-state index contributed by atoms with van der Waals surface area (Å²) >= 11 is 0. The summed E-state index contributed by atoms with van der Waals surface area (Å²) in [6, 6.07) is 12.8. The summed E-state index contributed by atoms with van der Waals surface area (Å²) in [5.41, 5.74) is 3.54. The van der Waals surface area contributed by atoms with Gasteiger partial charge in [-0.3, -0.25) is 14.4 Å². The number of anilines is 1. The van der Waals surface area contributed by atoms with E-state index in [1.807, 2.05) is 32.0 Å². The molecule has 0 saturated carbocycles. The lowest BCUT2D eigenvalue weighted by atomic mass is 10.1. The molecule has 2 N–H and O–H groups in total. The van der Waals surface area contributed by atoms with Crippen molar-refractivity contribution >= 4 is 23.3 Å². The zero-order valence-electron chi connectivity index (χ0n) is 18.4. The highest BCUT2D eigenvalue weighted by Gasteiger charge is 2.25. The number of nitrogens with one attached hydrogen (secondary N) is 2. The monoisotopic (exact) mass is 424 g/mol. The van der Waals surface area contributed by atoms with Crippen LogP contribution in [0.15, 0.2) is 42.5 Å². The van der Waals surface area contributed by atoms with Gasteiger partial charge in [0.2, 0.25) is 0 Å². The number of rotatable bonds is 7. The van der Waals surface area contributed by atoms with Crippen molar-refractivity contribution in [1.82, 2.24) is 4.90 Å². The Labute approximate surface area is 183 Å². The van der Waals surface area contributed by atoms with Crippen molar-refractivity contribution < 1.29 is 24.0 Å². The summed E-state index contributed by atoms with van der Waals surface area (Å²) in [6.45, 7) is 8.37. The van der Waals surface area contributed by atoms with Gasteiger partial charge in [-0.1, -0.05) is 30.3 Å². The molecule has 7 nitrogen and oxygen atoms in total. The number of ketones is 1. The third-order valence-corrected chi connectivity index (χ3v) is 5.58. The number of aryl methyl sites for hydroxylation is 2. The van der Waals surface area contributed by atoms with E-state index in [0.717, 1.165) is 21.7 Å². The van der Waals surface area contributed by atoms with Crippen molar-refractivity contribution in [2.24, 2.45) is 0 Å². The number of hydrogen-bond acceptors (Lipinski definition) is 4. The molecule has 0 spiro atoms. The van der Waals surface area contributed by atoms with Gasteiger partial charge in [0, 0.05) is 11.3 Å². The average molecular weight is 425 g/mol. The molecule has 31 heavy (non-hydrogen) atoms. The molecule has 2 aromatic rings. The molecule has 0 bridgehead atoms. The van der Waals surface area contributed by atoms with Crippen molar-refractivity contribution in [1.29, 1.82) is 0 Å². The van der Waals surface area contributed by atoms with Crippen LogP contribution in [0.25, 0.3) is 0 Å². The van der Waals surface area contributed by atoms with Gasteiger partial charge in [-0.25, -0.2) is 0 Å². The second-order valence-electron chi connectivity index (χ2n) is 8.00. The van der Waals surface area contributed by atoms with E-state index in [4.69, 9.17) is 4.74 Å². The molecule has 0 unspecified atom stereocenters. The molecule has 1 aliphatic rings. The van der Waals surface area contributed by atoms with E-state index < -0.39 is 0 Å². The minimum absolute atomic E-state index is 0.0131. The van der Waals surface area contributed by atoms with E-state index >= 15 is 0 Å². The van der Waals surface area contributed by atoms with Gasteiger partial charge in [0.05, 0.1) is 26.2 Å². The van der Waals surface area contributed by atoms with Crippen LogP contribution in [0, 0.1) is 13.8 Å². The van der Waals surface area contributed by atoms with Crippen LogP contribution in [0.2, 0.25) is 0 Å². The van der Waals surface area contributed by atoms with Crippen LogP contribution in [0.1, 0.15) is 28.4 Å². The van der Waals surface area contributed by atoms with E-state index in [1.165, 1.54) is 6.92 Å². The predicted octanol–water partition coefficient (Wildman–Crippen LogP) is 1.25. The molecule has 0 aromatic heterocycles. The standard InChI is InChI=1S/C24H29N3O4/c1-17-6-4-7-18(2)24(17)25-22(29)15-26-10-12-27(13-11-26)23(30)16-31-21-9-5-8-20(14-21)19(3)28/h4-9,14H,10-13,15-16H2,1-3H3,(H,25,29)/p+1. The molecule has 0 atom stereocenters. The lowest BCUT2D eigenvalue weighted by Gasteiger charge is -2.31. The van der Waals surface area contributed by atoms with Crippen LogP contribution in [-0.4, -0.2) is 61.8 Å². The Kier molecular flexibility index (Phi) is 7.41. The highest BCUT2D eigenvalue weighted by Crippen LogP contribution is 2.19. The van der Waals surface area contributed by atoms with E-state index in [9.17, 15) is 14.4 Å². The number of benzene rings is 2. The molecule has 164 valence electrons. The Balaban J connectivity index is 1.43. The summed E-state index contributed by atoms with van der Waals surface area (Å²) in [5.74, 6) is 0.360. The number of carbonyl (C=O) groups excluding carboxylic acids is 3. The molecular weight excluding hydrogens is 394 g/mol. The van der Waals surface area contributed by atoms with Gasteiger partial charge in [0.15, 0.2) is 18.9 Å². The Morgan fingerprint density at radius 3 is 2.32 bits per heavy atom. The number of quaternary nitrogens is 1. The molecule has 1 saturated heterocycles. The fraction of sp³-hybridized carbons (Fsp3) is 0.375. The fourth-order valence-electron chi connectivity index (χ4n) is 3.71. The highest BCUT2D eigenvalue weighted by molar-refractivity contribution is 5.94. The summed E-state index contributed by atoms with van der Waals surface area (Å²) in [5, 5.41) is 3.03. The van der Waals surface area contributed by atoms with Gasteiger partial charge in [0.25, 0.3) is 11.8 Å². The number of carbonyl (C=O) groups is 3. The van der Waals surface area contributed by atoms with Crippen molar-refractivity contribution in [2.75, 3.05) is 44.6 Å². The van der Waals surface area contributed by atoms with E-state index in [1.54, 1.807) is 29.2 Å². The average Bonchev–Trinajstić information content (AvgIpc) is 2.75. The zero-order valence-corrected chi connectivity index (χ0v) is 18.4. The minimum Gasteiger partial charge on any atom is -0.484 e. The first-order valence-electron chi connectivity index (χ1n) is 10.5. The zero-order chi connectivity index (χ0) is 22.4. The fourth-order valence-corrected chi connectivity index (χ4v) is 3.71. The maximum Gasteiger partial charge on any atom is 0.279 e. The summed E-state index contributed by atoms with van der Waals surface area (Å²) in [7, 11) is 0. The molecule has 1 heterocycles. The van der Waals surface area contributed by atoms with E-state index in [2.05, 4.69) is 5.32 Å². The molecular formula is C24H30N3O4+. The third-order valence-electron chi connectivity index (χ3n) is 5.58. The van der Waals surface area contributed by atoms with Crippen molar-refractivity contribution in [3.63, 3.8) is 0 Å². The molecule has 7 heteroatoms. The van der Waals surface area contributed by atoms with Gasteiger partial charge < -0.3 is 19.9 Å². The van der Waals surface area contributed by atoms with Gasteiger partial charge in [-0.15, -0.1) is 0 Å². The molecule has 3 rings (SSSR count). The van der Waals surface area contributed by atoms with Crippen LogP contribution in [0.3, 0.4) is 0 Å². The van der Waals surface area contributed by atoms with Crippen LogP contribution >= 0.6 is 0 Å².